The molecule has 1 aliphatic carbocycles. The molecule has 10 aromatic carbocycles. The molecule has 6 heteroatoms. The van der Waals surface area contributed by atoms with Gasteiger partial charge in [-0.05, 0) is 117 Å². The quantitative estimate of drug-likeness (QED) is 0.166. The van der Waals surface area contributed by atoms with E-state index in [0.717, 1.165) is 88.5 Å². The van der Waals surface area contributed by atoms with Gasteiger partial charge in [-0.2, -0.15) is 0 Å². The fraction of sp³-hybridized carbons (Fsp3) is 0.0455. The molecule has 0 unspecified atom stereocenters. The maximum absolute atomic E-state index is 6.62. The number of para-hydroxylation sites is 2. The van der Waals surface area contributed by atoms with Crippen LogP contribution in [0.3, 0.4) is 0 Å². The van der Waals surface area contributed by atoms with Crippen molar-refractivity contribution in [3.05, 3.63) is 230 Å². The first kappa shape index (κ1) is 40.5. The highest BCUT2D eigenvalue weighted by Crippen LogP contribution is 2.51. The first-order chi connectivity index (χ1) is 35.4. The van der Waals surface area contributed by atoms with E-state index in [9.17, 15) is 0 Å². The molecule has 72 heavy (non-hydrogen) atoms. The third-order valence-electron chi connectivity index (χ3n) is 15.1. The molecular formula is C66H42N4O2. The highest BCUT2D eigenvalue weighted by Gasteiger charge is 2.36. The fourth-order valence-corrected chi connectivity index (χ4v) is 11.5. The zero-order valence-corrected chi connectivity index (χ0v) is 39.4. The van der Waals surface area contributed by atoms with Crippen LogP contribution in [0.25, 0.3) is 139 Å². The van der Waals surface area contributed by atoms with Crippen molar-refractivity contribution in [1.29, 1.82) is 0 Å². The van der Waals surface area contributed by atoms with Crippen LogP contribution in [0.4, 0.5) is 0 Å². The van der Waals surface area contributed by atoms with Crippen molar-refractivity contribution >= 4 is 65.7 Å². The lowest BCUT2D eigenvalue weighted by atomic mass is 9.82. The summed E-state index contributed by atoms with van der Waals surface area (Å²) in [4.78, 5) is 15.5. The molecular weight excluding hydrogens is 881 g/mol. The normalized spacial score (nSPS) is 13.0. The third-order valence-corrected chi connectivity index (χ3v) is 15.1. The van der Waals surface area contributed by atoms with Gasteiger partial charge in [0.25, 0.3) is 0 Å². The predicted molar refractivity (Wildman–Crippen MR) is 293 cm³/mol. The van der Waals surface area contributed by atoms with Crippen molar-refractivity contribution < 1.29 is 8.83 Å². The first-order valence-corrected chi connectivity index (χ1v) is 24.5. The summed E-state index contributed by atoms with van der Waals surface area (Å²) in [6.45, 7) is 4.71. The second-order valence-electron chi connectivity index (χ2n) is 19.5. The number of hydrogen-bond acceptors (Lipinski definition) is 5. The number of furan rings is 2. The van der Waals surface area contributed by atoms with Crippen LogP contribution in [-0.4, -0.2) is 19.5 Å². The molecule has 6 nitrogen and oxygen atoms in total. The van der Waals surface area contributed by atoms with E-state index in [1.807, 2.05) is 60.7 Å². The smallest absolute Gasteiger partial charge is 0.164 e. The summed E-state index contributed by atoms with van der Waals surface area (Å²) in [5.74, 6) is 1.76. The molecule has 0 saturated heterocycles. The van der Waals surface area contributed by atoms with E-state index < -0.39 is 0 Å². The van der Waals surface area contributed by atoms with Crippen molar-refractivity contribution in [2.45, 2.75) is 19.3 Å². The Balaban J connectivity index is 0.860. The first-order valence-electron chi connectivity index (χ1n) is 24.5. The van der Waals surface area contributed by atoms with Gasteiger partial charge < -0.3 is 13.4 Å². The summed E-state index contributed by atoms with van der Waals surface area (Å²) in [7, 11) is 0. The molecule has 0 N–H and O–H groups in total. The average molecular weight is 923 g/mol. The Morgan fingerprint density at radius 3 is 1.74 bits per heavy atom. The highest BCUT2D eigenvalue weighted by molar-refractivity contribution is 6.15. The number of nitrogens with zero attached hydrogens (tertiary/aromatic N) is 4. The maximum Gasteiger partial charge on any atom is 0.164 e. The minimum absolute atomic E-state index is 0.122. The zero-order valence-electron chi connectivity index (χ0n) is 39.4. The van der Waals surface area contributed by atoms with Crippen molar-refractivity contribution in [3.8, 4) is 73.2 Å². The lowest BCUT2D eigenvalue weighted by molar-refractivity contribution is 0.661. The van der Waals surface area contributed by atoms with Gasteiger partial charge in [0.2, 0.25) is 0 Å². The van der Waals surface area contributed by atoms with Gasteiger partial charge in [0.15, 0.2) is 17.5 Å². The lowest BCUT2D eigenvalue weighted by Crippen LogP contribution is -2.14. The van der Waals surface area contributed by atoms with Crippen LogP contribution in [0.5, 0.6) is 0 Å². The van der Waals surface area contributed by atoms with E-state index in [0.29, 0.717) is 17.5 Å². The average Bonchev–Trinajstić information content (AvgIpc) is 4.16. The Labute approximate surface area is 414 Å². The largest absolute Gasteiger partial charge is 0.456 e. The molecule has 0 aliphatic heterocycles. The van der Waals surface area contributed by atoms with Crippen LogP contribution >= 0.6 is 0 Å². The molecule has 0 spiro atoms. The van der Waals surface area contributed by atoms with Crippen LogP contribution in [0, 0.1) is 0 Å². The van der Waals surface area contributed by atoms with Crippen molar-refractivity contribution in [2.24, 2.45) is 0 Å². The molecule has 14 aromatic rings. The van der Waals surface area contributed by atoms with Crippen LogP contribution in [0.15, 0.2) is 227 Å². The minimum atomic E-state index is -0.122. The predicted octanol–water partition coefficient (Wildman–Crippen LogP) is 17.4. The summed E-state index contributed by atoms with van der Waals surface area (Å²) in [6.07, 6.45) is 0. The highest BCUT2D eigenvalue weighted by atomic mass is 16.3. The van der Waals surface area contributed by atoms with Gasteiger partial charge in [-0.3, -0.25) is 0 Å². The SMILES string of the molecule is CC1(C)c2ccccc2-c2cc3c(cc21)c1cc(-c2ccc4oc5cccc(-c6nc(-c7ccccc7)nc(-c7ccc(-c8ccc9c(c8)oc8ccccc89)cc7)n6)c5c4c2)ccc1n3-c1ccccc1. The Morgan fingerprint density at radius 2 is 0.903 bits per heavy atom. The van der Waals surface area contributed by atoms with E-state index in [1.165, 1.54) is 44.1 Å². The molecule has 0 radical (unpaired) electrons. The summed E-state index contributed by atoms with van der Waals surface area (Å²) in [5.41, 5.74) is 19.1. The lowest BCUT2D eigenvalue weighted by Gasteiger charge is -2.21. The zero-order chi connectivity index (χ0) is 47.7. The van der Waals surface area contributed by atoms with Crippen molar-refractivity contribution in [1.82, 2.24) is 19.5 Å². The Hall–Kier alpha value is -9.39. The monoisotopic (exact) mass is 922 g/mol. The fourth-order valence-electron chi connectivity index (χ4n) is 11.5. The van der Waals surface area contributed by atoms with Gasteiger partial charge in [-0.25, -0.2) is 15.0 Å². The van der Waals surface area contributed by atoms with Gasteiger partial charge in [0.1, 0.15) is 22.3 Å². The van der Waals surface area contributed by atoms with Crippen molar-refractivity contribution in [3.63, 3.8) is 0 Å². The van der Waals surface area contributed by atoms with E-state index >= 15 is 0 Å². The molecule has 0 fully saturated rings. The van der Waals surface area contributed by atoms with Gasteiger partial charge in [-0.1, -0.05) is 159 Å². The van der Waals surface area contributed by atoms with Crippen LogP contribution < -0.4 is 0 Å². The topological polar surface area (TPSA) is 69.9 Å². The Morgan fingerprint density at radius 1 is 0.333 bits per heavy atom. The molecule has 0 saturated carbocycles. The minimum Gasteiger partial charge on any atom is -0.456 e. The number of hydrogen-bond donors (Lipinski definition) is 0. The molecule has 0 amide bonds. The van der Waals surface area contributed by atoms with E-state index in [4.69, 9.17) is 23.8 Å². The summed E-state index contributed by atoms with van der Waals surface area (Å²) < 4.78 is 15.3. The molecule has 4 aromatic heterocycles. The van der Waals surface area contributed by atoms with Crippen LogP contribution in [0.2, 0.25) is 0 Å². The van der Waals surface area contributed by atoms with E-state index in [-0.39, 0.29) is 5.41 Å². The molecule has 4 heterocycles. The van der Waals surface area contributed by atoms with Gasteiger partial charge in [0.05, 0.1) is 11.0 Å². The number of fused-ring (bicyclic) bond motifs is 12. The number of benzene rings is 10. The summed E-state index contributed by atoms with van der Waals surface area (Å²) in [5, 5.41) is 6.64. The Bertz CT molecular complexity index is 4520. The number of aromatic nitrogens is 4. The summed E-state index contributed by atoms with van der Waals surface area (Å²) >= 11 is 0. The molecule has 0 bridgehead atoms. The van der Waals surface area contributed by atoms with Crippen LogP contribution in [0.1, 0.15) is 25.0 Å². The molecule has 0 atom stereocenters. The second kappa shape index (κ2) is 15.3. The van der Waals surface area contributed by atoms with Crippen LogP contribution in [-0.2, 0) is 5.41 Å². The number of rotatable bonds is 6. The Kier molecular flexibility index (Phi) is 8.61. The molecule has 1 aliphatic rings. The maximum atomic E-state index is 6.62. The van der Waals surface area contributed by atoms with Crippen molar-refractivity contribution in [2.75, 3.05) is 0 Å². The summed E-state index contributed by atoms with van der Waals surface area (Å²) in [6, 6.07) is 77.2. The van der Waals surface area contributed by atoms with Gasteiger partial charge in [-0.15, -0.1) is 0 Å². The standard InChI is InChI=1S/C66H42N4O2/c1-66(2)54-21-11-9-18-46(54)50-38-57-52(37-55(50)66)51-34-42(29-32-56(51)70(57)45-16-7-4-8-17-45)43-30-33-59-53(35-43)62-49(20-13-23-60(62)71-59)65-68-63(40-14-5-3-6-15-40)67-64(69-65)41-26-24-39(25-27-41)44-28-31-48-47-19-10-12-22-58(47)72-61(48)36-44/h3-38H,1-2H3. The molecule has 338 valence electrons. The second-order valence-corrected chi connectivity index (χ2v) is 19.5. The van der Waals surface area contributed by atoms with Gasteiger partial charge >= 0.3 is 0 Å². The van der Waals surface area contributed by atoms with E-state index in [2.05, 4.69) is 176 Å². The van der Waals surface area contributed by atoms with E-state index in [1.54, 1.807) is 0 Å². The third kappa shape index (κ3) is 6.12. The molecule has 15 rings (SSSR count). The van der Waals surface area contributed by atoms with Gasteiger partial charge in [0, 0.05) is 60.1 Å².